The fourth-order valence-electron chi connectivity index (χ4n) is 4.33. The molecule has 1 amide bonds. The molecule has 202 valence electrons. The predicted octanol–water partition coefficient (Wildman–Crippen LogP) is 5.85. The summed E-state index contributed by atoms with van der Waals surface area (Å²) in [4.78, 5) is 16.9. The Balaban J connectivity index is 1.28. The normalized spacial score (nSPS) is 10.7. The Morgan fingerprint density at radius 3 is 2.40 bits per heavy atom. The molecule has 5 aromatic rings. The van der Waals surface area contributed by atoms with Crippen LogP contribution in [0.4, 0.5) is 5.82 Å². The Hall–Kier alpha value is -5.11. The van der Waals surface area contributed by atoms with Crippen LogP contribution in [0.5, 0.6) is 11.5 Å². The second kappa shape index (κ2) is 12.6. The van der Waals surface area contributed by atoms with Crippen LogP contribution in [0, 0.1) is 0 Å². The molecule has 5 rings (SSSR count). The average Bonchev–Trinajstić information content (AvgIpc) is 3.47. The second-order valence-electron chi connectivity index (χ2n) is 9.10. The third kappa shape index (κ3) is 6.30. The predicted molar refractivity (Wildman–Crippen MR) is 157 cm³/mol. The fraction of sp³-hybridized carbons (Fsp3) is 0.156. The molecule has 2 heterocycles. The first-order valence-corrected chi connectivity index (χ1v) is 13.1. The monoisotopic (exact) mass is 533 g/mol. The first kappa shape index (κ1) is 26.5. The van der Waals surface area contributed by atoms with Gasteiger partial charge in [-0.3, -0.25) is 4.79 Å². The summed E-state index contributed by atoms with van der Waals surface area (Å²) < 4.78 is 12.5. The number of ether oxygens (including phenoxy) is 2. The van der Waals surface area contributed by atoms with Crippen molar-refractivity contribution in [3.05, 3.63) is 109 Å². The summed E-state index contributed by atoms with van der Waals surface area (Å²) in [6.45, 7) is 1.20. The molecule has 0 saturated carbocycles. The lowest BCUT2D eigenvalue weighted by molar-refractivity contribution is 0.0953. The van der Waals surface area contributed by atoms with Crippen molar-refractivity contribution in [1.82, 2.24) is 20.1 Å². The Kier molecular flexibility index (Phi) is 8.36. The van der Waals surface area contributed by atoms with E-state index in [1.54, 1.807) is 44.7 Å². The number of methoxy groups -OCH3 is 2. The van der Waals surface area contributed by atoms with E-state index < -0.39 is 0 Å². The van der Waals surface area contributed by atoms with Gasteiger partial charge in [0, 0.05) is 42.2 Å². The molecule has 0 saturated heterocycles. The molecule has 2 aromatic heterocycles. The maximum Gasteiger partial charge on any atom is 0.251 e. The minimum absolute atomic E-state index is 0.108. The zero-order chi connectivity index (χ0) is 27.7. The molecule has 2 N–H and O–H groups in total. The minimum Gasteiger partial charge on any atom is -0.497 e. The zero-order valence-electron chi connectivity index (χ0n) is 22.5. The number of amides is 1. The highest BCUT2D eigenvalue weighted by Crippen LogP contribution is 2.34. The number of pyridine rings is 1. The van der Waals surface area contributed by atoms with Crippen LogP contribution in [0.15, 0.2) is 103 Å². The smallest absolute Gasteiger partial charge is 0.251 e. The molecule has 8 nitrogen and oxygen atoms in total. The van der Waals surface area contributed by atoms with Crippen LogP contribution in [-0.2, 0) is 0 Å². The Labute approximate surface area is 233 Å². The maximum absolute atomic E-state index is 12.4. The van der Waals surface area contributed by atoms with Crippen molar-refractivity contribution in [2.24, 2.45) is 0 Å². The van der Waals surface area contributed by atoms with Gasteiger partial charge in [0.15, 0.2) is 0 Å². The van der Waals surface area contributed by atoms with Crippen molar-refractivity contribution in [1.29, 1.82) is 0 Å². The number of nitrogens with zero attached hydrogens (tertiary/aromatic N) is 3. The molecular formula is C32H31N5O3. The van der Waals surface area contributed by atoms with Crippen molar-refractivity contribution in [2.45, 2.75) is 6.42 Å². The average molecular weight is 534 g/mol. The quantitative estimate of drug-likeness (QED) is 0.207. The van der Waals surface area contributed by atoms with E-state index in [9.17, 15) is 4.79 Å². The number of hydrogen-bond donors (Lipinski definition) is 2. The van der Waals surface area contributed by atoms with Crippen LogP contribution in [0.3, 0.4) is 0 Å². The minimum atomic E-state index is -0.108. The molecule has 8 heteroatoms. The van der Waals surface area contributed by atoms with Gasteiger partial charge in [0.25, 0.3) is 5.91 Å². The molecule has 0 bridgehead atoms. The first-order valence-electron chi connectivity index (χ1n) is 13.1. The number of benzene rings is 3. The van der Waals surface area contributed by atoms with Crippen molar-refractivity contribution in [3.63, 3.8) is 0 Å². The summed E-state index contributed by atoms with van der Waals surface area (Å²) in [5.74, 6) is 2.14. The summed E-state index contributed by atoms with van der Waals surface area (Å²) in [6.07, 6.45) is 4.57. The van der Waals surface area contributed by atoms with Gasteiger partial charge < -0.3 is 20.1 Å². The van der Waals surface area contributed by atoms with Gasteiger partial charge in [0.1, 0.15) is 23.0 Å². The first-order chi connectivity index (χ1) is 19.6. The maximum atomic E-state index is 12.4. The standard InChI is InChI=1S/C32H31N5O3/c1-39-27-14-12-23(13-15-27)32(38)35-18-7-17-33-30-21-24(16-19-34-30)29-22-37(26-9-4-3-5-10-26)36-31(29)25-8-6-11-28(20-25)40-2/h3-6,8-16,19-22H,7,17-18H2,1-2H3,(H,33,34)(H,35,38). The highest BCUT2D eigenvalue weighted by Gasteiger charge is 2.15. The molecule has 0 aliphatic heterocycles. The Morgan fingerprint density at radius 2 is 1.62 bits per heavy atom. The summed E-state index contributed by atoms with van der Waals surface area (Å²) in [5, 5.41) is 11.3. The van der Waals surface area contributed by atoms with E-state index in [-0.39, 0.29) is 5.91 Å². The SMILES string of the molecule is COc1ccc(C(=O)NCCCNc2cc(-c3cn(-c4ccccc4)nc3-c3cccc(OC)c3)ccn2)cc1. The van der Waals surface area contributed by atoms with E-state index in [4.69, 9.17) is 14.6 Å². The van der Waals surface area contributed by atoms with Crippen LogP contribution in [0.2, 0.25) is 0 Å². The van der Waals surface area contributed by atoms with Gasteiger partial charge in [-0.1, -0.05) is 30.3 Å². The third-order valence-corrected chi connectivity index (χ3v) is 6.45. The van der Waals surface area contributed by atoms with Gasteiger partial charge in [0.2, 0.25) is 0 Å². The molecule has 0 spiro atoms. The number of carbonyl (C=O) groups excluding carboxylic acids is 1. The van der Waals surface area contributed by atoms with Gasteiger partial charge in [-0.05, 0) is 72.6 Å². The lowest BCUT2D eigenvalue weighted by atomic mass is 10.0. The van der Waals surface area contributed by atoms with Crippen LogP contribution in [0.1, 0.15) is 16.8 Å². The van der Waals surface area contributed by atoms with Gasteiger partial charge in [-0.15, -0.1) is 0 Å². The summed E-state index contributed by atoms with van der Waals surface area (Å²) in [7, 11) is 3.26. The lowest BCUT2D eigenvalue weighted by Gasteiger charge is -2.09. The molecular weight excluding hydrogens is 502 g/mol. The van der Waals surface area contributed by atoms with E-state index in [1.165, 1.54) is 0 Å². The third-order valence-electron chi connectivity index (χ3n) is 6.45. The summed E-state index contributed by atoms with van der Waals surface area (Å²) in [6, 6.07) is 29.0. The van der Waals surface area contributed by atoms with E-state index in [0.29, 0.717) is 18.7 Å². The Bertz CT molecular complexity index is 1570. The van der Waals surface area contributed by atoms with Gasteiger partial charge in [0.05, 0.1) is 19.9 Å². The van der Waals surface area contributed by atoms with Crippen LogP contribution < -0.4 is 20.1 Å². The van der Waals surface area contributed by atoms with Crippen LogP contribution in [-0.4, -0.2) is 48.0 Å². The van der Waals surface area contributed by atoms with Crippen molar-refractivity contribution in [3.8, 4) is 39.6 Å². The zero-order valence-corrected chi connectivity index (χ0v) is 22.5. The van der Waals surface area contributed by atoms with Crippen molar-refractivity contribution < 1.29 is 14.3 Å². The van der Waals surface area contributed by atoms with Crippen molar-refractivity contribution >= 4 is 11.7 Å². The second-order valence-corrected chi connectivity index (χ2v) is 9.10. The van der Waals surface area contributed by atoms with Gasteiger partial charge in [-0.25, -0.2) is 9.67 Å². The molecule has 3 aromatic carbocycles. The molecule has 0 aliphatic carbocycles. The number of aromatic nitrogens is 3. The largest absolute Gasteiger partial charge is 0.497 e. The number of rotatable bonds is 11. The van der Waals surface area contributed by atoms with Gasteiger partial charge >= 0.3 is 0 Å². The number of para-hydroxylation sites is 1. The van der Waals surface area contributed by atoms with E-state index >= 15 is 0 Å². The van der Waals surface area contributed by atoms with Gasteiger partial charge in [-0.2, -0.15) is 5.10 Å². The van der Waals surface area contributed by atoms with Crippen molar-refractivity contribution in [2.75, 3.05) is 32.6 Å². The molecule has 0 unspecified atom stereocenters. The summed E-state index contributed by atoms with van der Waals surface area (Å²) in [5.41, 5.74) is 5.36. The fourth-order valence-corrected chi connectivity index (χ4v) is 4.33. The van der Waals surface area contributed by atoms with E-state index in [2.05, 4.69) is 15.6 Å². The Morgan fingerprint density at radius 1 is 0.825 bits per heavy atom. The lowest BCUT2D eigenvalue weighted by Crippen LogP contribution is -2.25. The van der Waals surface area contributed by atoms with E-state index in [1.807, 2.05) is 77.6 Å². The topological polar surface area (TPSA) is 90.3 Å². The molecule has 0 aliphatic rings. The molecule has 0 atom stereocenters. The van der Waals surface area contributed by atoms with Crippen LogP contribution >= 0.6 is 0 Å². The number of hydrogen-bond acceptors (Lipinski definition) is 6. The number of anilines is 1. The highest BCUT2D eigenvalue weighted by molar-refractivity contribution is 5.94. The number of nitrogens with one attached hydrogen (secondary N) is 2. The summed E-state index contributed by atoms with van der Waals surface area (Å²) >= 11 is 0. The number of carbonyl (C=O) groups is 1. The molecule has 0 fully saturated rings. The van der Waals surface area contributed by atoms with Crippen LogP contribution in [0.25, 0.3) is 28.1 Å². The molecule has 40 heavy (non-hydrogen) atoms. The molecule has 0 radical (unpaired) electrons. The highest BCUT2D eigenvalue weighted by atomic mass is 16.5. The van der Waals surface area contributed by atoms with E-state index in [0.717, 1.165) is 51.8 Å².